The number of nitrogens with two attached hydrogens (primary N) is 1. The van der Waals surface area contributed by atoms with Crippen LogP contribution in [0.1, 0.15) is 42.5 Å². The molecule has 0 spiro atoms. The normalized spacial score (nSPS) is 19.9. The number of hydrogen-bond acceptors (Lipinski definition) is 4. The lowest BCUT2D eigenvalue weighted by atomic mass is 9.95. The fourth-order valence-electron chi connectivity index (χ4n) is 3.24. The number of nitrogen functional groups attached to an aromatic ring is 1. The summed E-state index contributed by atoms with van der Waals surface area (Å²) in [6.45, 7) is 2.53. The number of nitrogens with one attached hydrogen (secondary N) is 1. The Kier molecular flexibility index (Phi) is 4.83. The van der Waals surface area contributed by atoms with Crippen molar-refractivity contribution in [2.75, 3.05) is 37.4 Å². The van der Waals surface area contributed by atoms with Gasteiger partial charge in [-0.1, -0.05) is 19.3 Å². The largest absolute Gasteiger partial charge is 0.397 e. The molecule has 1 saturated heterocycles. The molecule has 0 aromatic heterocycles. The van der Waals surface area contributed by atoms with Crippen molar-refractivity contribution >= 4 is 17.3 Å². The van der Waals surface area contributed by atoms with E-state index in [2.05, 4.69) is 5.32 Å². The predicted octanol–water partition coefficient (Wildman–Crippen LogP) is 2.49. The first-order valence-corrected chi connectivity index (χ1v) is 8.27. The number of carbonyl (C=O) groups excluding carboxylic acids is 1. The van der Waals surface area contributed by atoms with Crippen LogP contribution in [0.15, 0.2) is 18.2 Å². The number of amides is 1. The van der Waals surface area contributed by atoms with Gasteiger partial charge in [-0.15, -0.1) is 0 Å². The van der Waals surface area contributed by atoms with Gasteiger partial charge in [-0.25, -0.2) is 0 Å². The minimum atomic E-state index is 0.0409. The quantitative estimate of drug-likeness (QED) is 0.842. The van der Waals surface area contributed by atoms with E-state index >= 15 is 0 Å². The van der Waals surface area contributed by atoms with Gasteiger partial charge in [-0.05, 0) is 31.0 Å². The highest BCUT2D eigenvalue weighted by Crippen LogP contribution is 2.26. The molecule has 1 aromatic carbocycles. The van der Waals surface area contributed by atoms with E-state index in [0.717, 1.165) is 5.69 Å². The lowest BCUT2D eigenvalue weighted by Crippen LogP contribution is -2.40. The van der Waals surface area contributed by atoms with Gasteiger partial charge in [0, 0.05) is 24.7 Å². The fourth-order valence-corrected chi connectivity index (χ4v) is 3.24. The highest BCUT2D eigenvalue weighted by atomic mass is 16.5. The predicted molar refractivity (Wildman–Crippen MR) is 88.1 cm³/mol. The SMILES string of the molecule is Nc1cc(C(=O)N2CCOCC2)ccc1NC1CCCCC1. The van der Waals surface area contributed by atoms with E-state index in [9.17, 15) is 4.79 Å². The maximum atomic E-state index is 12.4. The molecule has 3 N–H and O–H groups in total. The third kappa shape index (κ3) is 3.53. The number of benzene rings is 1. The van der Waals surface area contributed by atoms with Gasteiger partial charge in [0.2, 0.25) is 0 Å². The highest BCUT2D eigenvalue weighted by Gasteiger charge is 2.20. The molecular weight excluding hydrogens is 278 g/mol. The maximum absolute atomic E-state index is 12.4. The van der Waals surface area contributed by atoms with Crippen molar-refractivity contribution < 1.29 is 9.53 Å². The number of hydrogen-bond donors (Lipinski definition) is 2. The second-order valence-corrected chi connectivity index (χ2v) is 6.19. The van der Waals surface area contributed by atoms with Gasteiger partial charge in [0.15, 0.2) is 0 Å². The Hall–Kier alpha value is -1.75. The molecule has 1 amide bonds. The summed E-state index contributed by atoms with van der Waals surface area (Å²) in [5.41, 5.74) is 8.42. The summed E-state index contributed by atoms with van der Waals surface area (Å²) in [6.07, 6.45) is 6.30. The molecular formula is C17H25N3O2. The molecule has 0 unspecified atom stereocenters. The number of anilines is 2. The van der Waals surface area contributed by atoms with Crippen LogP contribution in [-0.2, 0) is 4.74 Å². The summed E-state index contributed by atoms with van der Waals surface area (Å²) in [5, 5.41) is 3.52. The number of nitrogens with zero attached hydrogens (tertiary/aromatic N) is 1. The Morgan fingerprint density at radius 3 is 2.59 bits per heavy atom. The van der Waals surface area contributed by atoms with Gasteiger partial charge in [0.1, 0.15) is 0 Å². The molecule has 0 radical (unpaired) electrons. The van der Waals surface area contributed by atoms with E-state index in [1.54, 1.807) is 6.07 Å². The molecule has 2 aliphatic rings. The zero-order valence-electron chi connectivity index (χ0n) is 13.0. The molecule has 1 aliphatic carbocycles. The molecule has 2 fully saturated rings. The van der Waals surface area contributed by atoms with Crippen LogP contribution >= 0.6 is 0 Å². The number of carbonyl (C=O) groups is 1. The minimum absolute atomic E-state index is 0.0409. The van der Waals surface area contributed by atoms with Crippen molar-refractivity contribution in [2.45, 2.75) is 38.1 Å². The fraction of sp³-hybridized carbons (Fsp3) is 0.588. The van der Waals surface area contributed by atoms with Crippen LogP contribution < -0.4 is 11.1 Å². The van der Waals surface area contributed by atoms with Crippen molar-refractivity contribution in [3.8, 4) is 0 Å². The van der Waals surface area contributed by atoms with Crippen LogP contribution in [0.25, 0.3) is 0 Å². The topological polar surface area (TPSA) is 67.6 Å². The van der Waals surface area contributed by atoms with Crippen molar-refractivity contribution in [3.05, 3.63) is 23.8 Å². The van der Waals surface area contributed by atoms with Crippen LogP contribution in [0.4, 0.5) is 11.4 Å². The maximum Gasteiger partial charge on any atom is 0.254 e. The van der Waals surface area contributed by atoms with Crippen LogP contribution in [0.3, 0.4) is 0 Å². The smallest absolute Gasteiger partial charge is 0.254 e. The zero-order valence-corrected chi connectivity index (χ0v) is 13.0. The average Bonchev–Trinajstić information content (AvgIpc) is 2.58. The van der Waals surface area contributed by atoms with Crippen molar-refractivity contribution in [1.82, 2.24) is 4.90 Å². The molecule has 0 atom stereocenters. The summed E-state index contributed by atoms with van der Waals surface area (Å²) in [6, 6.07) is 6.12. The lowest BCUT2D eigenvalue weighted by Gasteiger charge is -2.27. The molecule has 5 heteroatoms. The molecule has 0 bridgehead atoms. The molecule has 1 saturated carbocycles. The summed E-state index contributed by atoms with van der Waals surface area (Å²) < 4.78 is 5.28. The Balaban J connectivity index is 1.67. The second-order valence-electron chi connectivity index (χ2n) is 6.19. The van der Waals surface area contributed by atoms with E-state index in [0.29, 0.717) is 43.6 Å². The Morgan fingerprint density at radius 1 is 1.18 bits per heavy atom. The third-order valence-electron chi connectivity index (χ3n) is 4.56. The van der Waals surface area contributed by atoms with E-state index in [1.165, 1.54) is 32.1 Å². The molecule has 120 valence electrons. The van der Waals surface area contributed by atoms with Gasteiger partial charge < -0.3 is 20.7 Å². The Morgan fingerprint density at radius 2 is 1.91 bits per heavy atom. The van der Waals surface area contributed by atoms with E-state index < -0.39 is 0 Å². The molecule has 5 nitrogen and oxygen atoms in total. The average molecular weight is 303 g/mol. The van der Waals surface area contributed by atoms with Gasteiger partial charge in [-0.3, -0.25) is 4.79 Å². The minimum Gasteiger partial charge on any atom is -0.397 e. The van der Waals surface area contributed by atoms with E-state index in [-0.39, 0.29) is 5.91 Å². The van der Waals surface area contributed by atoms with Crippen molar-refractivity contribution in [3.63, 3.8) is 0 Å². The monoisotopic (exact) mass is 303 g/mol. The lowest BCUT2D eigenvalue weighted by molar-refractivity contribution is 0.0303. The summed E-state index contributed by atoms with van der Waals surface area (Å²) >= 11 is 0. The van der Waals surface area contributed by atoms with Crippen LogP contribution in [0.2, 0.25) is 0 Å². The molecule has 22 heavy (non-hydrogen) atoms. The highest BCUT2D eigenvalue weighted by molar-refractivity contribution is 5.96. The van der Waals surface area contributed by atoms with E-state index in [4.69, 9.17) is 10.5 Å². The van der Waals surface area contributed by atoms with Crippen LogP contribution in [0.5, 0.6) is 0 Å². The van der Waals surface area contributed by atoms with Gasteiger partial charge >= 0.3 is 0 Å². The number of rotatable bonds is 3. The van der Waals surface area contributed by atoms with E-state index in [1.807, 2.05) is 17.0 Å². The van der Waals surface area contributed by atoms with Crippen molar-refractivity contribution in [2.24, 2.45) is 0 Å². The van der Waals surface area contributed by atoms with Crippen LogP contribution in [-0.4, -0.2) is 43.2 Å². The number of ether oxygens (including phenoxy) is 1. The summed E-state index contributed by atoms with van der Waals surface area (Å²) in [5.74, 6) is 0.0409. The second kappa shape index (κ2) is 7.01. The first kappa shape index (κ1) is 15.2. The molecule has 1 aliphatic heterocycles. The summed E-state index contributed by atoms with van der Waals surface area (Å²) in [7, 11) is 0. The Labute approximate surface area is 131 Å². The first-order valence-electron chi connectivity index (χ1n) is 8.27. The first-order chi connectivity index (χ1) is 10.7. The molecule has 3 rings (SSSR count). The van der Waals surface area contributed by atoms with Gasteiger partial charge in [0.25, 0.3) is 5.91 Å². The van der Waals surface area contributed by atoms with Gasteiger partial charge in [-0.2, -0.15) is 0 Å². The standard InChI is InChI=1S/C17H25N3O2/c18-15-12-13(17(21)20-8-10-22-11-9-20)6-7-16(15)19-14-4-2-1-3-5-14/h6-7,12,14,19H,1-5,8-11,18H2. The molecule has 1 aromatic rings. The summed E-state index contributed by atoms with van der Waals surface area (Å²) in [4.78, 5) is 14.3. The van der Waals surface area contributed by atoms with Crippen molar-refractivity contribution in [1.29, 1.82) is 0 Å². The Bertz CT molecular complexity index is 521. The van der Waals surface area contributed by atoms with Gasteiger partial charge in [0.05, 0.1) is 24.6 Å². The number of morpholine rings is 1. The zero-order chi connectivity index (χ0) is 15.4. The van der Waals surface area contributed by atoms with Crippen LogP contribution in [0, 0.1) is 0 Å². The third-order valence-corrected chi connectivity index (χ3v) is 4.56. The molecule has 1 heterocycles.